The quantitative estimate of drug-likeness (QED) is 0.247. The number of hydrogen-bond donors (Lipinski definition) is 1. The van der Waals surface area contributed by atoms with E-state index in [1.54, 1.807) is 5.57 Å². The highest BCUT2D eigenvalue weighted by atomic mass is 19.1. The molecule has 0 bridgehead atoms. The maximum atomic E-state index is 9.50. The number of alkyl halides is 1. The largest absolute Gasteiger partial charge is 0.328 e. The van der Waals surface area contributed by atoms with Crippen LogP contribution in [0.25, 0.3) is 0 Å². The van der Waals surface area contributed by atoms with Crippen molar-refractivity contribution < 1.29 is 4.39 Å². The minimum atomic E-state index is 0.333. The van der Waals surface area contributed by atoms with E-state index >= 15 is 0 Å². The van der Waals surface area contributed by atoms with Gasteiger partial charge in [-0.05, 0) is 93.7 Å². The lowest BCUT2D eigenvalue weighted by Gasteiger charge is -2.30. The molecule has 0 saturated heterocycles. The topological polar surface area (TPSA) is 26.0 Å². The molecule has 0 aromatic carbocycles. The average molecular weight is 552 g/mol. The molecule has 2 aliphatic rings. The van der Waals surface area contributed by atoms with Crippen molar-refractivity contribution in [3.8, 4) is 0 Å². The van der Waals surface area contributed by atoms with Gasteiger partial charge in [-0.15, -0.1) is 0 Å². The molecule has 0 aromatic rings. The summed E-state index contributed by atoms with van der Waals surface area (Å²) in [6.45, 7) is 32.2. The van der Waals surface area contributed by atoms with E-state index in [-0.39, 0.29) is 0 Å². The Hall–Kier alpha value is -1.15. The van der Waals surface area contributed by atoms with Crippen molar-refractivity contribution in [2.24, 2.45) is 29.4 Å². The maximum absolute atomic E-state index is 9.50. The molecule has 1 nitrogen and oxygen atoms in total. The molecule has 39 heavy (non-hydrogen) atoms. The van der Waals surface area contributed by atoms with Crippen molar-refractivity contribution in [3.05, 3.63) is 47.1 Å². The summed E-state index contributed by atoms with van der Waals surface area (Å²) in [5.74, 6) is 2.86. The Balaban J connectivity index is -0.000000369. The van der Waals surface area contributed by atoms with Crippen molar-refractivity contribution in [2.45, 2.75) is 160 Å². The Kier molecular flexibility index (Phi) is 36.1. The van der Waals surface area contributed by atoms with E-state index in [0.717, 1.165) is 11.8 Å². The second-order valence-corrected chi connectivity index (χ2v) is 11.0. The zero-order valence-electron chi connectivity index (χ0n) is 29.4. The Morgan fingerprint density at radius 1 is 0.897 bits per heavy atom. The molecule has 1 fully saturated rings. The number of rotatable bonds is 7. The maximum Gasteiger partial charge on any atom is 0.0785 e. The molecular formula is C37H74FN. The van der Waals surface area contributed by atoms with Crippen LogP contribution in [0.1, 0.15) is 154 Å². The Morgan fingerprint density at radius 3 is 1.74 bits per heavy atom. The summed E-state index contributed by atoms with van der Waals surface area (Å²) in [6.07, 6.45) is 20.8. The molecule has 2 heteroatoms. The predicted octanol–water partition coefficient (Wildman–Crippen LogP) is 12.8. The van der Waals surface area contributed by atoms with Crippen LogP contribution >= 0.6 is 0 Å². The van der Waals surface area contributed by atoms with E-state index in [0.29, 0.717) is 25.1 Å². The van der Waals surface area contributed by atoms with E-state index in [1.807, 2.05) is 41.5 Å². The fourth-order valence-corrected chi connectivity index (χ4v) is 5.03. The van der Waals surface area contributed by atoms with Gasteiger partial charge in [0.2, 0.25) is 0 Å². The summed E-state index contributed by atoms with van der Waals surface area (Å²) < 4.78 is 9.50. The van der Waals surface area contributed by atoms with Crippen molar-refractivity contribution in [2.75, 3.05) is 7.18 Å². The highest BCUT2D eigenvalue weighted by Crippen LogP contribution is 2.36. The number of unbranched alkanes of at least 4 members (excludes halogenated alkanes) is 1. The molecule has 0 aromatic heterocycles. The zero-order chi connectivity index (χ0) is 31.4. The number of halogens is 1. The van der Waals surface area contributed by atoms with Crippen molar-refractivity contribution in [3.63, 3.8) is 0 Å². The van der Waals surface area contributed by atoms with Crippen LogP contribution in [0.5, 0.6) is 0 Å². The standard InChI is InChI=1S/C25H40.C4H10.C3H9N.2C2H6.CH3F/c1-7-25(22(6)23-13-9-8-10-14-23)20(4)17-19(3)21(5)24-15-11-12-18(2)16-24;1-3-4-2;1-3(2)4;3*1-2/h7,16-17,21-24H,1,8-15H2,2-6H3;3-4H2,1-2H3;3H,4H2,1-2H3;2*1-2H3;1H3/b19-17+,25-20+;;;;;. The van der Waals surface area contributed by atoms with Gasteiger partial charge in [0.1, 0.15) is 0 Å². The van der Waals surface area contributed by atoms with Gasteiger partial charge in [-0.2, -0.15) is 0 Å². The third kappa shape index (κ3) is 23.3. The van der Waals surface area contributed by atoms with E-state index in [1.165, 1.54) is 80.9 Å². The van der Waals surface area contributed by atoms with Crippen LogP contribution in [0.3, 0.4) is 0 Å². The summed E-state index contributed by atoms with van der Waals surface area (Å²) in [4.78, 5) is 0. The van der Waals surface area contributed by atoms with Gasteiger partial charge in [0.05, 0.1) is 7.18 Å². The molecule has 1 saturated carbocycles. The Bertz CT molecular complexity index is 615. The third-order valence-electron chi connectivity index (χ3n) is 7.43. The molecule has 0 spiro atoms. The van der Waals surface area contributed by atoms with Crippen molar-refractivity contribution in [1.29, 1.82) is 0 Å². The first kappa shape index (κ1) is 44.9. The normalized spacial score (nSPS) is 19.2. The Labute approximate surface area is 248 Å². The average Bonchev–Trinajstić information content (AvgIpc) is 2.96. The first-order valence-corrected chi connectivity index (χ1v) is 16.4. The van der Waals surface area contributed by atoms with Gasteiger partial charge in [0, 0.05) is 0 Å². The second-order valence-electron chi connectivity index (χ2n) is 11.0. The van der Waals surface area contributed by atoms with Crippen LogP contribution in [0.15, 0.2) is 47.1 Å². The van der Waals surface area contributed by atoms with Crippen molar-refractivity contribution in [1.82, 2.24) is 0 Å². The molecule has 0 amide bonds. The van der Waals surface area contributed by atoms with E-state index in [2.05, 4.69) is 73.3 Å². The molecule has 0 heterocycles. The molecule has 2 aliphatic carbocycles. The second kappa shape index (κ2) is 31.4. The van der Waals surface area contributed by atoms with Crippen LogP contribution in [-0.2, 0) is 0 Å². The van der Waals surface area contributed by atoms with Gasteiger partial charge in [0.15, 0.2) is 0 Å². The molecule has 0 aliphatic heterocycles. The van der Waals surface area contributed by atoms with Crippen LogP contribution < -0.4 is 5.73 Å². The molecule has 3 atom stereocenters. The lowest BCUT2D eigenvalue weighted by atomic mass is 9.76. The van der Waals surface area contributed by atoms with Gasteiger partial charge in [0.25, 0.3) is 0 Å². The van der Waals surface area contributed by atoms with Crippen LogP contribution in [0.4, 0.5) is 4.39 Å². The molecule has 0 radical (unpaired) electrons. The Morgan fingerprint density at radius 2 is 1.36 bits per heavy atom. The van der Waals surface area contributed by atoms with Gasteiger partial charge in [-0.25, -0.2) is 0 Å². The van der Waals surface area contributed by atoms with Crippen LogP contribution in [-0.4, -0.2) is 13.2 Å². The molecule has 2 rings (SSSR count). The highest BCUT2D eigenvalue weighted by Gasteiger charge is 2.23. The van der Waals surface area contributed by atoms with Crippen molar-refractivity contribution >= 4 is 0 Å². The number of nitrogens with two attached hydrogens (primary N) is 1. The van der Waals surface area contributed by atoms with Gasteiger partial charge in [-0.1, -0.05) is 137 Å². The van der Waals surface area contributed by atoms with Gasteiger partial charge < -0.3 is 5.73 Å². The summed E-state index contributed by atoms with van der Waals surface area (Å²) in [5.41, 5.74) is 11.1. The van der Waals surface area contributed by atoms with Gasteiger partial charge >= 0.3 is 0 Å². The molecular weight excluding hydrogens is 477 g/mol. The SMILES string of the molecule is C=C/C(=C(C)\C=C(/C)C(C)C1C=C(C)CCC1)C(C)C1CCCCC1.CC.CC.CC(C)N.CCCC.CF. The van der Waals surface area contributed by atoms with E-state index < -0.39 is 0 Å². The summed E-state index contributed by atoms with van der Waals surface area (Å²) >= 11 is 0. The zero-order valence-corrected chi connectivity index (χ0v) is 29.4. The summed E-state index contributed by atoms with van der Waals surface area (Å²) in [7, 11) is 0.500. The van der Waals surface area contributed by atoms with E-state index in [4.69, 9.17) is 5.73 Å². The fourth-order valence-electron chi connectivity index (χ4n) is 5.03. The van der Waals surface area contributed by atoms with Gasteiger partial charge in [-0.3, -0.25) is 4.39 Å². The minimum Gasteiger partial charge on any atom is -0.328 e. The monoisotopic (exact) mass is 552 g/mol. The first-order valence-electron chi connectivity index (χ1n) is 16.4. The minimum absolute atomic E-state index is 0.333. The summed E-state index contributed by atoms with van der Waals surface area (Å²) in [5, 5.41) is 0. The van der Waals surface area contributed by atoms with Crippen LogP contribution in [0, 0.1) is 23.7 Å². The van der Waals surface area contributed by atoms with E-state index in [9.17, 15) is 4.39 Å². The number of allylic oxidation sites excluding steroid dienone is 7. The molecule has 2 N–H and O–H groups in total. The fraction of sp³-hybridized carbons (Fsp3) is 0.784. The molecule has 234 valence electrons. The lowest BCUT2D eigenvalue weighted by Crippen LogP contribution is -2.17. The molecule has 3 unspecified atom stereocenters. The first-order chi connectivity index (χ1) is 18.6. The lowest BCUT2D eigenvalue weighted by molar-refractivity contribution is 0.293. The third-order valence-corrected chi connectivity index (χ3v) is 7.43. The summed E-state index contributed by atoms with van der Waals surface area (Å²) in [6, 6.07) is 0.333. The predicted molar refractivity (Wildman–Crippen MR) is 182 cm³/mol. The number of hydrogen-bond acceptors (Lipinski definition) is 1. The smallest absolute Gasteiger partial charge is 0.0785 e. The van der Waals surface area contributed by atoms with Crippen LogP contribution in [0.2, 0.25) is 0 Å². The highest BCUT2D eigenvalue weighted by molar-refractivity contribution is 5.35.